The number of ether oxygens (including phenoxy) is 3. The molecular weight excluding hydrogens is 396 g/mol. The fourth-order valence-corrected chi connectivity index (χ4v) is 4.93. The number of nitrogens with zero attached hydrogens (tertiary/aromatic N) is 3. The third-order valence-electron chi connectivity index (χ3n) is 6.35. The molecule has 2 unspecified atom stereocenters. The highest BCUT2D eigenvalue weighted by Crippen LogP contribution is 2.30. The van der Waals surface area contributed by atoms with Crippen LogP contribution in [0.4, 0.5) is 0 Å². The first-order valence-corrected chi connectivity index (χ1v) is 11.2. The second-order valence-electron chi connectivity index (χ2n) is 8.93. The van der Waals surface area contributed by atoms with E-state index in [0.717, 1.165) is 32.7 Å². The number of rotatable bonds is 6. The van der Waals surface area contributed by atoms with Crippen molar-refractivity contribution in [2.75, 3.05) is 46.9 Å². The van der Waals surface area contributed by atoms with Crippen molar-refractivity contribution < 1.29 is 14.2 Å². The van der Waals surface area contributed by atoms with Gasteiger partial charge in [-0.25, -0.2) is 4.98 Å². The number of aromatic nitrogens is 2. The molecule has 1 aromatic heterocycles. The number of morpholine rings is 1. The van der Waals surface area contributed by atoms with Crippen LogP contribution in [0.2, 0.25) is 0 Å². The molecule has 8 heteroatoms. The first kappa shape index (κ1) is 22.0. The number of fused-ring (bicyclic) bond motifs is 1. The van der Waals surface area contributed by atoms with Crippen molar-refractivity contribution in [1.82, 2.24) is 19.8 Å². The van der Waals surface area contributed by atoms with Gasteiger partial charge < -0.3 is 19.2 Å². The van der Waals surface area contributed by atoms with E-state index in [0.29, 0.717) is 52.9 Å². The molecule has 2 fully saturated rings. The Bertz CT molecular complexity index is 944. The summed E-state index contributed by atoms with van der Waals surface area (Å²) in [5.74, 6) is 2.51. The molecule has 2 aromatic rings. The molecule has 3 heterocycles. The minimum atomic E-state index is -0.147. The molecule has 2 saturated heterocycles. The van der Waals surface area contributed by atoms with E-state index in [2.05, 4.69) is 33.6 Å². The molecule has 2 aliphatic rings. The lowest BCUT2D eigenvalue weighted by Gasteiger charge is -2.39. The molecule has 0 saturated carbocycles. The molecule has 8 nitrogen and oxygen atoms in total. The number of nitrogens with one attached hydrogen (secondary N) is 1. The van der Waals surface area contributed by atoms with Crippen LogP contribution in [0.5, 0.6) is 11.5 Å². The first-order valence-electron chi connectivity index (χ1n) is 11.2. The van der Waals surface area contributed by atoms with Crippen molar-refractivity contribution in [3.63, 3.8) is 0 Å². The maximum absolute atomic E-state index is 12.6. The lowest BCUT2D eigenvalue weighted by molar-refractivity contribution is -0.0732. The van der Waals surface area contributed by atoms with Gasteiger partial charge in [-0.15, -0.1) is 0 Å². The van der Waals surface area contributed by atoms with E-state index >= 15 is 0 Å². The Morgan fingerprint density at radius 3 is 2.35 bits per heavy atom. The van der Waals surface area contributed by atoms with Crippen LogP contribution >= 0.6 is 0 Å². The molecular formula is C23H34N4O4. The summed E-state index contributed by atoms with van der Waals surface area (Å²) >= 11 is 0. The van der Waals surface area contributed by atoms with Crippen LogP contribution < -0.4 is 15.0 Å². The second kappa shape index (κ2) is 9.54. The van der Waals surface area contributed by atoms with Gasteiger partial charge in [-0.05, 0) is 51.8 Å². The van der Waals surface area contributed by atoms with Crippen molar-refractivity contribution in [3.05, 3.63) is 28.3 Å². The molecule has 2 atom stereocenters. The number of hydrogen-bond donors (Lipinski definition) is 1. The summed E-state index contributed by atoms with van der Waals surface area (Å²) in [7, 11) is 3.14. The van der Waals surface area contributed by atoms with Crippen molar-refractivity contribution >= 4 is 10.9 Å². The number of benzene rings is 1. The fourth-order valence-electron chi connectivity index (χ4n) is 4.93. The summed E-state index contributed by atoms with van der Waals surface area (Å²) in [5.41, 5.74) is 0.480. The maximum Gasteiger partial charge on any atom is 0.258 e. The fraction of sp³-hybridized carbons (Fsp3) is 0.652. The average Bonchev–Trinajstić information content (AvgIpc) is 2.73. The van der Waals surface area contributed by atoms with Gasteiger partial charge in [-0.3, -0.25) is 14.6 Å². The highest BCUT2D eigenvalue weighted by atomic mass is 16.5. The van der Waals surface area contributed by atoms with E-state index in [4.69, 9.17) is 14.2 Å². The molecule has 2 aliphatic heterocycles. The van der Waals surface area contributed by atoms with Crippen LogP contribution in [0.25, 0.3) is 10.9 Å². The minimum Gasteiger partial charge on any atom is -0.493 e. The van der Waals surface area contributed by atoms with Gasteiger partial charge in [0, 0.05) is 25.7 Å². The summed E-state index contributed by atoms with van der Waals surface area (Å²) in [6, 6.07) is 3.45. The minimum absolute atomic E-state index is 0.147. The Balaban J connectivity index is 1.37. The number of methoxy groups -OCH3 is 2. The molecule has 1 aromatic carbocycles. The zero-order valence-corrected chi connectivity index (χ0v) is 19.0. The standard InChI is InChI=1S/C23H34N4O4/c1-15-11-27(12-16(2)31-15)13-17-5-7-26(8-6-17)14-22-24-19-10-21(30-4)20(29-3)9-18(19)23(28)25-22/h9-10,15-17H,5-8,11-14H2,1-4H3,(H,24,25,28). The van der Waals surface area contributed by atoms with E-state index in [-0.39, 0.29) is 5.56 Å². The van der Waals surface area contributed by atoms with Crippen LogP contribution in [0.1, 0.15) is 32.5 Å². The zero-order valence-electron chi connectivity index (χ0n) is 19.0. The van der Waals surface area contributed by atoms with Crippen molar-refractivity contribution in [2.45, 2.75) is 45.4 Å². The lowest BCUT2D eigenvalue weighted by atomic mass is 9.95. The molecule has 0 amide bonds. The Labute approximate surface area is 183 Å². The third-order valence-corrected chi connectivity index (χ3v) is 6.35. The molecule has 1 N–H and O–H groups in total. The number of H-pyrrole nitrogens is 1. The summed E-state index contributed by atoms with van der Waals surface area (Å²) in [6.07, 6.45) is 2.97. The highest BCUT2D eigenvalue weighted by Gasteiger charge is 2.27. The van der Waals surface area contributed by atoms with E-state index < -0.39 is 0 Å². The Hall–Kier alpha value is -2.16. The van der Waals surface area contributed by atoms with Gasteiger partial charge in [0.1, 0.15) is 5.82 Å². The maximum atomic E-state index is 12.6. The van der Waals surface area contributed by atoms with Gasteiger partial charge in [0.2, 0.25) is 0 Å². The van der Waals surface area contributed by atoms with E-state index in [1.165, 1.54) is 12.8 Å². The zero-order chi connectivity index (χ0) is 22.0. The normalized spacial score (nSPS) is 23.9. The summed E-state index contributed by atoms with van der Waals surface area (Å²) in [4.78, 5) is 25.2. The molecule has 4 rings (SSSR count). The quantitative estimate of drug-likeness (QED) is 0.753. The Kier molecular flexibility index (Phi) is 6.79. The van der Waals surface area contributed by atoms with Crippen LogP contribution in [0.15, 0.2) is 16.9 Å². The van der Waals surface area contributed by atoms with Crippen LogP contribution in [0, 0.1) is 5.92 Å². The van der Waals surface area contributed by atoms with E-state index in [1.54, 1.807) is 26.4 Å². The number of aromatic amines is 1. The average molecular weight is 431 g/mol. The van der Waals surface area contributed by atoms with E-state index in [9.17, 15) is 4.79 Å². The Morgan fingerprint density at radius 2 is 1.71 bits per heavy atom. The molecule has 0 radical (unpaired) electrons. The van der Waals surface area contributed by atoms with Gasteiger partial charge in [-0.1, -0.05) is 0 Å². The van der Waals surface area contributed by atoms with Gasteiger partial charge in [0.05, 0.1) is 43.9 Å². The van der Waals surface area contributed by atoms with Crippen molar-refractivity contribution in [2.24, 2.45) is 5.92 Å². The largest absolute Gasteiger partial charge is 0.493 e. The topological polar surface area (TPSA) is 79.9 Å². The highest BCUT2D eigenvalue weighted by molar-refractivity contribution is 5.81. The lowest BCUT2D eigenvalue weighted by Crippen LogP contribution is -2.48. The van der Waals surface area contributed by atoms with E-state index in [1.807, 2.05) is 0 Å². The smallest absolute Gasteiger partial charge is 0.258 e. The molecule has 0 bridgehead atoms. The number of likely N-dealkylation sites (tertiary alicyclic amines) is 1. The molecule has 170 valence electrons. The second-order valence-corrected chi connectivity index (χ2v) is 8.93. The summed E-state index contributed by atoms with van der Waals surface area (Å²) in [5, 5.41) is 0.508. The van der Waals surface area contributed by atoms with Gasteiger partial charge in [0.15, 0.2) is 11.5 Å². The van der Waals surface area contributed by atoms with Gasteiger partial charge in [0.25, 0.3) is 5.56 Å². The van der Waals surface area contributed by atoms with Crippen molar-refractivity contribution in [3.8, 4) is 11.5 Å². The SMILES string of the molecule is COc1cc2nc(CN3CCC(CN4CC(C)OC(C)C4)CC3)[nH]c(=O)c2cc1OC. The first-order chi connectivity index (χ1) is 14.9. The molecule has 0 spiro atoms. The number of hydrogen-bond acceptors (Lipinski definition) is 7. The predicted octanol–water partition coefficient (Wildman–Crippen LogP) is 2.26. The van der Waals surface area contributed by atoms with Gasteiger partial charge in [-0.2, -0.15) is 0 Å². The van der Waals surface area contributed by atoms with Crippen molar-refractivity contribution in [1.29, 1.82) is 0 Å². The van der Waals surface area contributed by atoms with Gasteiger partial charge >= 0.3 is 0 Å². The number of piperidine rings is 1. The van der Waals surface area contributed by atoms with Crippen LogP contribution in [0.3, 0.4) is 0 Å². The monoisotopic (exact) mass is 430 g/mol. The molecule has 0 aliphatic carbocycles. The Morgan fingerprint density at radius 1 is 1.06 bits per heavy atom. The van der Waals surface area contributed by atoms with Crippen LogP contribution in [-0.4, -0.2) is 78.9 Å². The third kappa shape index (κ3) is 5.19. The van der Waals surface area contributed by atoms with Crippen LogP contribution in [-0.2, 0) is 11.3 Å². The molecule has 31 heavy (non-hydrogen) atoms. The predicted molar refractivity (Wildman–Crippen MR) is 120 cm³/mol. The summed E-state index contributed by atoms with van der Waals surface area (Å²) in [6.45, 7) is 10.2. The summed E-state index contributed by atoms with van der Waals surface area (Å²) < 4.78 is 16.5.